The predicted molar refractivity (Wildman–Crippen MR) is 242 cm³/mol. The summed E-state index contributed by atoms with van der Waals surface area (Å²) in [5, 5.41) is 2.42. The normalized spacial score (nSPS) is 12.9. The van der Waals surface area contributed by atoms with Crippen LogP contribution in [-0.4, -0.2) is 15.0 Å². The average Bonchev–Trinajstić information content (AvgIpc) is 3.61. The highest BCUT2D eigenvalue weighted by Crippen LogP contribution is 2.62. The lowest BCUT2D eigenvalue weighted by Crippen LogP contribution is -2.32. The first kappa shape index (κ1) is 34.1. The van der Waals surface area contributed by atoms with Crippen molar-refractivity contribution in [2.24, 2.45) is 0 Å². The van der Waals surface area contributed by atoms with Crippen LogP contribution in [0.3, 0.4) is 0 Å². The van der Waals surface area contributed by atoms with Crippen molar-refractivity contribution in [1.29, 1.82) is 0 Å². The number of hydrogen-bond donors (Lipinski definition) is 0. The van der Waals surface area contributed by atoms with Gasteiger partial charge in [0.25, 0.3) is 0 Å². The number of benzene rings is 9. The molecule has 1 aromatic heterocycles. The van der Waals surface area contributed by atoms with Crippen LogP contribution in [0, 0.1) is 0 Å². The summed E-state index contributed by atoms with van der Waals surface area (Å²) >= 11 is 0. The van der Waals surface area contributed by atoms with Crippen LogP contribution in [0.1, 0.15) is 22.3 Å². The zero-order valence-corrected chi connectivity index (χ0v) is 32.5. The van der Waals surface area contributed by atoms with Crippen LogP contribution in [0.4, 0.5) is 0 Å². The van der Waals surface area contributed by atoms with E-state index >= 15 is 0 Å². The van der Waals surface area contributed by atoms with Crippen LogP contribution in [0.25, 0.3) is 78.3 Å². The molecule has 0 unspecified atom stereocenters. The first-order valence-corrected chi connectivity index (χ1v) is 20.3. The first-order chi connectivity index (χ1) is 29.7. The molecule has 0 radical (unpaired) electrons. The highest BCUT2D eigenvalue weighted by Gasteiger charge is 2.51. The standard InChI is InChI=1S/C56H35N3O/c1-2-16-37(17-3-1)53-57-54(59-55(58-53)42-22-13-20-40(34-42)44-25-14-18-36-15-4-5-23-43(36)44)41-21-12-19-38(33-41)39-31-32-46-45-24-6-7-26-47(45)56(50(46)35-39)48-27-8-10-29-51(48)60-52-30-11-9-28-49(52)56/h1-35H. The Labute approximate surface area is 348 Å². The summed E-state index contributed by atoms with van der Waals surface area (Å²) in [6, 6.07) is 75.0. The van der Waals surface area contributed by atoms with Gasteiger partial charge in [0.2, 0.25) is 0 Å². The van der Waals surface area contributed by atoms with Crippen molar-refractivity contribution in [2.45, 2.75) is 5.41 Å². The van der Waals surface area contributed by atoms with Crippen LogP contribution in [0.5, 0.6) is 11.5 Å². The van der Waals surface area contributed by atoms with Gasteiger partial charge in [-0.3, -0.25) is 0 Å². The summed E-state index contributed by atoms with van der Waals surface area (Å²) < 4.78 is 6.58. The second-order valence-electron chi connectivity index (χ2n) is 15.5. The number of aromatic nitrogens is 3. The molecule has 0 N–H and O–H groups in total. The predicted octanol–water partition coefficient (Wildman–Crippen LogP) is 13.8. The minimum Gasteiger partial charge on any atom is -0.457 e. The van der Waals surface area contributed by atoms with E-state index in [1.807, 2.05) is 18.2 Å². The second-order valence-corrected chi connectivity index (χ2v) is 15.5. The van der Waals surface area contributed by atoms with Gasteiger partial charge in [0.05, 0.1) is 5.41 Å². The Hall–Kier alpha value is -7.95. The molecular weight excluding hydrogens is 731 g/mol. The zero-order valence-electron chi connectivity index (χ0n) is 32.5. The van der Waals surface area contributed by atoms with E-state index < -0.39 is 5.41 Å². The summed E-state index contributed by atoms with van der Waals surface area (Å²) in [4.78, 5) is 15.4. The molecule has 2 heterocycles. The molecule has 0 bridgehead atoms. The van der Waals surface area contributed by atoms with Gasteiger partial charge in [0, 0.05) is 27.8 Å². The van der Waals surface area contributed by atoms with E-state index in [0.29, 0.717) is 17.5 Å². The maximum absolute atomic E-state index is 6.58. The van der Waals surface area contributed by atoms with Gasteiger partial charge in [-0.15, -0.1) is 0 Å². The van der Waals surface area contributed by atoms with Crippen molar-refractivity contribution in [2.75, 3.05) is 0 Å². The smallest absolute Gasteiger partial charge is 0.164 e. The van der Waals surface area contributed by atoms with E-state index in [1.165, 1.54) is 38.6 Å². The van der Waals surface area contributed by atoms with Crippen molar-refractivity contribution < 1.29 is 4.74 Å². The molecule has 1 aliphatic carbocycles. The molecule has 4 heteroatoms. The van der Waals surface area contributed by atoms with Gasteiger partial charge in [-0.05, 0) is 85.6 Å². The van der Waals surface area contributed by atoms with Gasteiger partial charge < -0.3 is 4.74 Å². The number of ether oxygens (including phenoxy) is 1. The van der Waals surface area contributed by atoms with Gasteiger partial charge in [0.15, 0.2) is 17.5 Å². The Morgan fingerprint density at radius 3 is 1.53 bits per heavy atom. The van der Waals surface area contributed by atoms with Crippen LogP contribution >= 0.6 is 0 Å². The van der Waals surface area contributed by atoms with E-state index in [4.69, 9.17) is 19.7 Å². The third-order valence-corrected chi connectivity index (χ3v) is 12.2. The third kappa shape index (κ3) is 5.28. The molecule has 12 rings (SSSR count). The lowest BCUT2D eigenvalue weighted by atomic mass is 9.66. The fourth-order valence-corrected chi connectivity index (χ4v) is 9.53. The van der Waals surface area contributed by atoms with Gasteiger partial charge in [-0.25, -0.2) is 15.0 Å². The average molecular weight is 766 g/mol. The minimum absolute atomic E-state index is 0.542. The Balaban J connectivity index is 1.01. The molecule has 280 valence electrons. The van der Waals surface area contributed by atoms with Crippen LogP contribution in [0.15, 0.2) is 212 Å². The quantitative estimate of drug-likeness (QED) is 0.175. The van der Waals surface area contributed by atoms with E-state index in [9.17, 15) is 0 Å². The summed E-state index contributed by atoms with van der Waals surface area (Å²) in [7, 11) is 0. The third-order valence-electron chi connectivity index (χ3n) is 12.2. The van der Waals surface area contributed by atoms with Gasteiger partial charge in [-0.2, -0.15) is 0 Å². The molecule has 0 saturated carbocycles. The summed E-state index contributed by atoms with van der Waals surface area (Å²) in [6.45, 7) is 0. The molecule has 0 fully saturated rings. The van der Waals surface area contributed by atoms with E-state index in [-0.39, 0.29) is 0 Å². The summed E-state index contributed by atoms with van der Waals surface area (Å²) in [5.41, 5.74) is 14.0. The highest BCUT2D eigenvalue weighted by molar-refractivity contribution is 5.97. The number of nitrogens with zero attached hydrogens (tertiary/aromatic N) is 3. The molecule has 0 atom stereocenters. The molecule has 0 saturated heterocycles. The van der Waals surface area contributed by atoms with Crippen molar-refractivity contribution in [1.82, 2.24) is 15.0 Å². The Morgan fingerprint density at radius 2 is 0.783 bits per heavy atom. The van der Waals surface area contributed by atoms with E-state index in [0.717, 1.165) is 56.0 Å². The zero-order chi connectivity index (χ0) is 39.6. The monoisotopic (exact) mass is 765 g/mol. The SMILES string of the molecule is c1ccc(-c2nc(-c3cccc(-c4ccc5c(c4)C4(c6ccccc6Oc6ccccc64)c4ccccc4-5)c3)nc(-c3cccc(-c4cccc5ccccc45)c3)n2)cc1. The number of para-hydroxylation sites is 2. The molecule has 10 aromatic rings. The Morgan fingerprint density at radius 1 is 0.300 bits per heavy atom. The minimum atomic E-state index is -0.542. The van der Waals surface area contributed by atoms with Gasteiger partial charge in [-0.1, -0.05) is 182 Å². The van der Waals surface area contributed by atoms with Crippen LogP contribution in [-0.2, 0) is 5.41 Å². The van der Waals surface area contributed by atoms with Crippen LogP contribution < -0.4 is 4.74 Å². The summed E-state index contributed by atoms with van der Waals surface area (Å²) in [6.07, 6.45) is 0. The molecule has 1 spiro atoms. The molecule has 2 aliphatic rings. The topological polar surface area (TPSA) is 47.9 Å². The van der Waals surface area contributed by atoms with Crippen molar-refractivity contribution in [3.05, 3.63) is 235 Å². The van der Waals surface area contributed by atoms with Crippen molar-refractivity contribution >= 4 is 10.8 Å². The molecule has 0 amide bonds. The van der Waals surface area contributed by atoms with Crippen molar-refractivity contribution in [3.8, 4) is 79.0 Å². The van der Waals surface area contributed by atoms with Crippen LogP contribution in [0.2, 0.25) is 0 Å². The maximum Gasteiger partial charge on any atom is 0.164 e. The lowest BCUT2D eigenvalue weighted by molar-refractivity contribution is 0.436. The number of rotatable bonds is 5. The van der Waals surface area contributed by atoms with Crippen molar-refractivity contribution in [3.63, 3.8) is 0 Å². The second kappa shape index (κ2) is 13.6. The number of fused-ring (bicyclic) bond motifs is 10. The van der Waals surface area contributed by atoms with Gasteiger partial charge in [0.1, 0.15) is 11.5 Å². The molecule has 1 aliphatic heterocycles. The summed E-state index contributed by atoms with van der Waals surface area (Å²) in [5.74, 6) is 3.64. The largest absolute Gasteiger partial charge is 0.457 e. The number of hydrogen-bond acceptors (Lipinski definition) is 4. The lowest BCUT2D eigenvalue weighted by Gasteiger charge is -2.39. The maximum atomic E-state index is 6.58. The molecular formula is C56H35N3O. The van der Waals surface area contributed by atoms with E-state index in [1.54, 1.807) is 0 Å². The van der Waals surface area contributed by atoms with Gasteiger partial charge >= 0.3 is 0 Å². The fourth-order valence-electron chi connectivity index (χ4n) is 9.53. The highest BCUT2D eigenvalue weighted by atomic mass is 16.5. The molecule has 9 aromatic carbocycles. The first-order valence-electron chi connectivity index (χ1n) is 20.3. The molecule has 60 heavy (non-hydrogen) atoms. The Bertz CT molecular complexity index is 3270. The fraction of sp³-hybridized carbons (Fsp3) is 0.0179. The van der Waals surface area contributed by atoms with E-state index in [2.05, 4.69) is 194 Å². The molecule has 4 nitrogen and oxygen atoms in total. The Kier molecular flexibility index (Phi) is 7.72.